The zero-order valence-corrected chi connectivity index (χ0v) is 14.5. The number of aliphatic carboxylic acids is 1. The molecule has 1 unspecified atom stereocenters. The number of hydrogen-bond donors (Lipinski definition) is 2. The van der Waals surface area contributed by atoms with Crippen molar-refractivity contribution < 1.29 is 29.3 Å². The van der Waals surface area contributed by atoms with Crippen LogP contribution in [0.2, 0.25) is 0 Å². The van der Waals surface area contributed by atoms with Crippen LogP contribution in [0.25, 0.3) is 0 Å². The first-order valence-corrected chi connectivity index (χ1v) is 7.70. The van der Waals surface area contributed by atoms with Gasteiger partial charge in [-0.15, -0.1) is 0 Å². The first-order chi connectivity index (χ1) is 10.8. The molecular weight excluding hydrogens is 300 g/mol. The Morgan fingerprint density at radius 2 is 1.70 bits per heavy atom. The Labute approximate surface area is 138 Å². The molecule has 0 aliphatic rings. The smallest absolute Gasteiger partial charge is 0.333 e. The van der Waals surface area contributed by atoms with Gasteiger partial charge < -0.3 is 19.7 Å². The zero-order chi connectivity index (χ0) is 18.3. The summed E-state index contributed by atoms with van der Waals surface area (Å²) in [7, 11) is 0. The van der Waals surface area contributed by atoms with E-state index in [1.807, 2.05) is 6.92 Å². The number of carboxylic acid groups (broad SMARTS) is 1. The van der Waals surface area contributed by atoms with Crippen LogP contribution >= 0.6 is 0 Å². The van der Waals surface area contributed by atoms with Gasteiger partial charge in [0, 0.05) is 24.4 Å². The molecule has 0 saturated carbocycles. The van der Waals surface area contributed by atoms with Crippen LogP contribution in [0.5, 0.6) is 0 Å². The molecule has 0 fully saturated rings. The SMILES string of the molecule is C=C(C)C(=O)O.C=C(C)C(=O)OCC(CCCCO)OCCC. The molecule has 0 amide bonds. The highest BCUT2D eigenvalue weighted by Gasteiger charge is 2.12. The van der Waals surface area contributed by atoms with Crippen molar-refractivity contribution >= 4 is 11.9 Å². The molecule has 2 N–H and O–H groups in total. The molecule has 0 aromatic heterocycles. The van der Waals surface area contributed by atoms with Crippen LogP contribution in [-0.2, 0) is 19.1 Å². The number of carbonyl (C=O) groups excluding carboxylic acids is 1. The number of unbranched alkanes of at least 4 members (excludes halogenated alkanes) is 1. The second-order valence-corrected chi connectivity index (χ2v) is 5.18. The van der Waals surface area contributed by atoms with E-state index < -0.39 is 5.97 Å². The fourth-order valence-corrected chi connectivity index (χ4v) is 1.27. The summed E-state index contributed by atoms with van der Waals surface area (Å²) in [6.45, 7) is 12.9. The van der Waals surface area contributed by atoms with Gasteiger partial charge in [-0.3, -0.25) is 0 Å². The maximum absolute atomic E-state index is 11.2. The lowest BCUT2D eigenvalue weighted by molar-refractivity contribution is -0.143. The van der Waals surface area contributed by atoms with Crippen molar-refractivity contribution in [3.05, 3.63) is 24.3 Å². The topological polar surface area (TPSA) is 93.1 Å². The monoisotopic (exact) mass is 330 g/mol. The molecule has 0 saturated heterocycles. The first-order valence-electron chi connectivity index (χ1n) is 7.70. The maximum Gasteiger partial charge on any atom is 0.333 e. The van der Waals surface area contributed by atoms with E-state index in [1.165, 1.54) is 6.92 Å². The van der Waals surface area contributed by atoms with Gasteiger partial charge in [-0.2, -0.15) is 0 Å². The molecule has 6 nitrogen and oxygen atoms in total. The van der Waals surface area contributed by atoms with Crippen LogP contribution in [-0.4, -0.2) is 48.1 Å². The molecule has 1 atom stereocenters. The van der Waals surface area contributed by atoms with Crippen molar-refractivity contribution in [3.63, 3.8) is 0 Å². The van der Waals surface area contributed by atoms with Crippen molar-refractivity contribution in [1.82, 2.24) is 0 Å². The number of esters is 1. The van der Waals surface area contributed by atoms with Crippen LogP contribution in [0.15, 0.2) is 24.3 Å². The molecule has 23 heavy (non-hydrogen) atoms. The highest BCUT2D eigenvalue weighted by Crippen LogP contribution is 2.07. The lowest BCUT2D eigenvalue weighted by atomic mass is 10.1. The first kappa shape index (κ1) is 23.6. The Hall–Kier alpha value is -1.66. The highest BCUT2D eigenvalue weighted by atomic mass is 16.6. The minimum atomic E-state index is -0.935. The van der Waals surface area contributed by atoms with Crippen LogP contribution in [0.4, 0.5) is 0 Å². The van der Waals surface area contributed by atoms with Crippen LogP contribution in [0.1, 0.15) is 46.5 Å². The van der Waals surface area contributed by atoms with Gasteiger partial charge in [0.15, 0.2) is 0 Å². The molecule has 0 aliphatic heterocycles. The van der Waals surface area contributed by atoms with Crippen molar-refractivity contribution in [3.8, 4) is 0 Å². The molecule has 0 aromatic carbocycles. The van der Waals surface area contributed by atoms with Crippen molar-refractivity contribution in [2.75, 3.05) is 19.8 Å². The minimum absolute atomic E-state index is 0.0789. The van der Waals surface area contributed by atoms with Gasteiger partial charge in [0.2, 0.25) is 0 Å². The Bertz CT molecular complexity index is 363. The number of rotatable bonds is 11. The molecular formula is C17H30O6. The van der Waals surface area contributed by atoms with Gasteiger partial charge in [-0.25, -0.2) is 9.59 Å². The molecule has 0 aliphatic carbocycles. The third-order valence-corrected chi connectivity index (χ3v) is 2.61. The number of aliphatic hydroxyl groups is 1. The predicted octanol–water partition coefficient (Wildman–Crippen LogP) is 2.71. The number of aliphatic hydroxyl groups excluding tert-OH is 1. The summed E-state index contributed by atoms with van der Waals surface area (Å²) in [5, 5.41) is 16.6. The summed E-state index contributed by atoms with van der Waals surface area (Å²) in [4.78, 5) is 20.8. The van der Waals surface area contributed by atoms with Crippen LogP contribution in [0.3, 0.4) is 0 Å². The standard InChI is InChI=1S/C13H24O4.C4H6O2/c1-4-9-16-12(7-5-6-8-14)10-17-13(15)11(2)3;1-3(2)4(5)6/h12,14H,2,4-10H2,1,3H3;1H2,2H3,(H,5,6). The molecule has 0 aromatic rings. The van der Waals surface area contributed by atoms with Crippen LogP contribution < -0.4 is 0 Å². The molecule has 0 bridgehead atoms. The second kappa shape index (κ2) is 15.2. The van der Waals surface area contributed by atoms with Gasteiger partial charge in [0.1, 0.15) is 6.61 Å². The average molecular weight is 330 g/mol. The predicted molar refractivity (Wildman–Crippen MR) is 89.2 cm³/mol. The van der Waals surface area contributed by atoms with E-state index in [2.05, 4.69) is 13.2 Å². The fourth-order valence-electron chi connectivity index (χ4n) is 1.27. The van der Waals surface area contributed by atoms with Gasteiger partial charge in [0.25, 0.3) is 0 Å². The average Bonchev–Trinajstić information content (AvgIpc) is 2.49. The third-order valence-electron chi connectivity index (χ3n) is 2.61. The maximum atomic E-state index is 11.2. The largest absolute Gasteiger partial charge is 0.478 e. The van der Waals surface area contributed by atoms with E-state index in [0.717, 1.165) is 25.7 Å². The van der Waals surface area contributed by atoms with Gasteiger partial charge in [-0.1, -0.05) is 20.1 Å². The molecule has 0 radical (unpaired) electrons. The molecule has 0 spiro atoms. The third kappa shape index (κ3) is 16.5. The van der Waals surface area contributed by atoms with Gasteiger partial charge >= 0.3 is 11.9 Å². The van der Waals surface area contributed by atoms with Crippen molar-refractivity contribution in [1.29, 1.82) is 0 Å². The van der Waals surface area contributed by atoms with Gasteiger partial charge in [0.05, 0.1) is 6.10 Å². The number of hydrogen-bond acceptors (Lipinski definition) is 5. The fraction of sp³-hybridized carbons (Fsp3) is 0.647. The van der Waals surface area contributed by atoms with E-state index in [1.54, 1.807) is 6.92 Å². The van der Waals surface area contributed by atoms with E-state index in [0.29, 0.717) is 12.2 Å². The summed E-state index contributed by atoms with van der Waals surface area (Å²) in [5.74, 6) is -1.31. The zero-order valence-electron chi connectivity index (χ0n) is 14.5. The summed E-state index contributed by atoms with van der Waals surface area (Å²) in [6.07, 6.45) is 3.27. The molecule has 6 heteroatoms. The normalized spacial score (nSPS) is 11.0. The van der Waals surface area contributed by atoms with E-state index in [9.17, 15) is 9.59 Å². The van der Waals surface area contributed by atoms with E-state index >= 15 is 0 Å². The number of ether oxygens (including phenoxy) is 2. The van der Waals surface area contributed by atoms with E-state index in [4.69, 9.17) is 19.7 Å². The summed E-state index contributed by atoms with van der Waals surface area (Å²) in [6, 6.07) is 0. The lowest BCUT2D eigenvalue weighted by Crippen LogP contribution is -2.23. The minimum Gasteiger partial charge on any atom is -0.478 e. The molecule has 0 rings (SSSR count). The number of carbonyl (C=O) groups is 2. The van der Waals surface area contributed by atoms with Crippen molar-refractivity contribution in [2.45, 2.75) is 52.6 Å². The molecule has 0 heterocycles. The summed E-state index contributed by atoms with van der Waals surface area (Å²) in [5.41, 5.74) is 0.574. The Kier molecular flexibility index (Phi) is 15.6. The van der Waals surface area contributed by atoms with Crippen LogP contribution in [0, 0.1) is 0 Å². The van der Waals surface area contributed by atoms with E-state index in [-0.39, 0.29) is 30.9 Å². The second-order valence-electron chi connectivity index (χ2n) is 5.18. The molecule has 134 valence electrons. The Morgan fingerprint density at radius 3 is 2.09 bits per heavy atom. The lowest BCUT2D eigenvalue weighted by Gasteiger charge is -2.17. The Balaban J connectivity index is 0. The highest BCUT2D eigenvalue weighted by molar-refractivity contribution is 5.86. The Morgan fingerprint density at radius 1 is 1.13 bits per heavy atom. The summed E-state index contributed by atoms with van der Waals surface area (Å²) < 4.78 is 10.6. The van der Waals surface area contributed by atoms with Crippen molar-refractivity contribution in [2.24, 2.45) is 0 Å². The summed E-state index contributed by atoms with van der Waals surface area (Å²) >= 11 is 0. The number of carboxylic acids is 1. The van der Waals surface area contributed by atoms with Gasteiger partial charge in [-0.05, 0) is 39.5 Å². The quantitative estimate of drug-likeness (QED) is 0.344.